The molecule has 2 saturated heterocycles. The summed E-state index contributed by atoms with van der Waals surface area (Å²) in [6.07, 6.45) is 1.43. The average Bonchev–Trinajstić information content (AvgIpc) is 2.59. The van der Waals surface area contributed by atoms with Gasteiger partial charge >= 0.3 is 0 Å². The summed E-state index contributed by atoms with van der Waals surface area (Å²) in [4.78, 5) is 38.1. The fraction of sp³-hybridized carbons (Fsp3) is 0.471. The summed E-state index contributed by atoms with van der Waals surface area (Å²) in [5.74, 6) is -0.744. The highest BCUT2D eigenvalue weighted by Crippen LogP contribution is 2.14. The van der Waals surface area contributed by atoms with Gasteiger partial charge in [0.25, 0.3) is 0 Å². The van der Waals surface area contributed by atoms with Crippen molar-refractivity contribution in [2.24, 2.45) is 0 Å². The van der Waals surface area contributed by atoms with Crippen LogP contribution in [0.5, 0.6) is 0 Å². The SMILES string of the molecule is O=C(N[C@@H]1CCCNC1=O)[C@H]1COCC(=O)N1Cc1ccccc1. The lowest BCUT2D eigenvalue weighted by atomic mass is 10.1. The largest absolute Gasteiger partial charge is 0.369 e. The summed E-state index contributed by atoms with van der Waals surface area (Å²) in [5.41, 5.74) is 0.945. The molecule has 0 aromatic heterocycles. The molecule has 7 nitrogen and oxygen atoms in total. The Balaban J connectivity index is 1.69. The van der Waals surface area contributed by atoms with Crippen molar-refractivity contribution in [3.05, 3.63) is 35.9 Å². The number of rotatable bonds is 4. The molecule has 0 saturated carbocycles. The Kier molecular flexibility index (Phi) is 5.10. The van der Waals surface area contributed by atoms with Crippen molar-refractivity contribution in [1.29, 1.82) is 0 Å². The minimum Gasteiger partial charge on any atom is -0.369 e. The molecule has 2 aliphatic rings. The first-order chi connectivity index (χ1) is 11.6. The number of hydrogen-bond donors (Lipinski definition) is 2. The van der Waals surface area contributed by atoms with Crippen LogP contribution in [0.25, 0.3) is 0 Å². The highest BCUT2D eigenvalue weighted by molar-refractivity contribution is 5.93. The van der Waals surface area contributed by atoms with Crippen molar-refractivity contribution in [3.63, 3.8) is 0 Å². The second-order valence-electron chi connectivity index (χ2n) is 6.03. The molecule has 1 aromatic carbocycles. The predicted octanol–water partition coefficient (Wildman–Crippen LogP) is -0.191. The van der Waals surface area contributed by atoms with Crippen LogP contribution >= 0.6 is 0 Å². The second kappa shape index (κ2) is 7.44. The summed E-state index contributed by atoms with van der Waals surface area (Å²) in [6.45, 7) is 1.09. The summed E-state index contributed by atoms with van der Waals surface area (Å²) < 4.78 is 5.25. The first kappa shape index (κ1) is 16.4. The molecule has 0 radical (unpaired) electrons. The molecule has 2 heterocycles. The van der Waals surface area contributed by atoms with E-state index in [2.05, 4.69) is 10.6 Å². The number of piperidine rings is 1. The lowest BCUT2D eigenvalue weighted by Crippen LogP contribution is -2.59. The number of carbonyl (C=O) groups excluding carboxylic acids is 3. The van der Waals surface area contributed by atoms with Gasteiger partial charge in [0.2, 0.25) is 17.7 Å². The summed E-state index contributed by atoms with van der Waals surface area (Å²) in [6, 6.07) is 8.24. The number of nitrogens with zero attached hydrogens (tertiary/aromatic N) is 1. The van der Waals surface area contributed by atoms with Gasteiger partial charge in [-0.1, -0.05) is 30.3 Å². The normalized spacial score (nSPS) is 24.4. The number of benzene rings is 1. The highest BCUT2D eigenvalue weighted by Gasteiger charge is 2.36. The molecule has 2 atom stereocenters. The van der Waals surface area contributed by atoms with Crippen LogP contribution in [0.15, 0.2) is 30.3 Å². The van der Waals surface area contributed by atoms with Gasteiger partial charge in [-0.3, -0.25) is 14.4 Å². The van der Waals surface area contributed by atoms with Crippen LogP contribution in [0.4, 0.5) is 0 Å². The van der Waals surface area contributed by atoms with Gasteiger partial charge in [0.1, 0.15) is 18.7 Å². The smallest absolute Gasteiger partial charge is 0.249 e. The maximum absolute atomic E-state index is 12.6. The molecule has 2 N–H and O–H groups in total. The Morgan fingerprint density at radius 3 is 2.83 bits per heavy atom. The molecule has 0 spiro atoms. The van der Waals surface area contributed by atoms with Gasteiger partial charge in [-0.15, -0.1) is 0 Å². The predicted molar refractivity (Wildman–Crippen MR) is 85.8 cm³/mol. The monoisotopic (exact) mass is 331 g/mol. The quantitative estimate of drug-likeness (QED) is 0.800. The summed E-state index contributed by atoms with van der Waals surface area (Å²) >= 11 is 0. The van der Waals surface area contributed by atoms with E-state index >= 15 is 0 Å². The Labute approximate surface area is 140 Å². The van der Waals surface area contributed by atoms with Gasteiger partial charge in [0.05, 0.1) is 6.61 Å². The third-order valence-corrected chi connectivity index (χ3v) is 4.30. The van der Waals surface area contributed by atoms with Crippen molar-refractivity contribution < 1.29 is 19.1 Å². The van der Waals surface area contributed by atoms with E-state index < -0.39 is 12.1 Å². The zero-order valence-corrected chi connectivity index (χ0v) is 13.4. The van der Waals surface area contributed by atoms with E-state index in [9.17, 15) is 14.4 Å². The van der Waals surface area contributed by atoms with E-state index in [0.29, 0.717) is 19.5 Å². The van der Waals surface area contributed by atoms with Gasteiger partial charge in [-0.05, 0) is 18.4 Å². The molecule has 3 rings (SSSR count). The van der Waals surface area contributed by atoms with Crippen molar-refractivity contribution >= 4 is 17.7 Å². The average molecular weight is 331 g/mol. The van der Waals surface area contributed by atoms with E-state index in [0.717, 1.165) is 12.0 Å². The van der Waals surface area contributed by atoms with Crippen molar-refractivity contribution in [2.75, 3.05) is 19.8 Å². The van der Waals surface area contributed by atoms with E-state index in [-0.39, 0.29) is 30.9 Å². The maximum Gasteiger partial charge on any atom is 0.249 e. The topological polar surface area (TPSA) is 87.7 Å². The van der Waals surface area contributed by atoms with Crippen LogP contribution in [0.2, 0.25) is 0 Å². The van der Waals surface area contributed by atoms with E-state index in [1.54, 1.807) is 0 Å². The van der Waals surface area contributed by atoms with E-state index in [1.165, 1.54) is 4.90 Å². The van der Waals surface area contributed by atoms with Crippen molar-refractivity contribution in [3.8, 4) is 0 Å². The van der Waals surface area contributed by atoms with Crippen molar-refractivity contribution in [2.45, 2.75) is 31.5 Å². The molecule has 1 aromatic rings. The maximum atomic E-state index is 12.6. The molecule has 128 valence electrons. The Morgan fingerprint density at radius 2 is 2.08 bits per heavy atom. The van der Waals surface area contributed by atoms with Gasteiger partial charge in [-0.2, -0.15) is 0 Å². The standard InChI is InChI=1S/C17H21N3O4/c21-15-11-24-10-14(20(15)9-12-5-2-1-3-6-12)17(23)19-13-7-4-8-18-16(13)22/h1-3,5-6,13-14H,4,7-11H2,(H,18,22)(H,19,23)/t13-,14-/m1/s1. The first-order valence-corrected chi connectivity index (χ1v) is 8.14. The minimum atomic E-state index is -0.721. The van der Waals surface area contributed by atoms with Crippen LogP contribution in [0.1, 0.15) is 18.4 Å². The van der Waals surface area contributed by atoms with Gasteiger partial charge in [0.15, 0.2) is 0 Å². The molecular weight excluding hydrogens is 310 g/mol. The number of ether oxygens (including phenoxy) is 1. The lowest BCUT2D eigenvalue weighted by molar-refractivity contribution is -0.156. The van der Waals surface area contributed by atoms with E-state index in [1.807, 2.05) is 30.3 Å². The molecule has 3 amide bonds. The van der Waals surface area contributed by atoms with E-state index in [4.69, 9.17) is 4.74 Å². The number of morpholine rings is 1. The van der Waals surface area contributed by atoms with Gasteiger partial charge in [0, 0.05) is 13.1 Å². The molecular formula is C17H21N3O4. The summed E-state index contributed by atoms with van der Waals surface area (Å²) in [5, 5.41) is 5.48. The minimum absolute atomic E-state index is 0.0273. The fourth-order valence-electron chi connectivity index (χ4n) is 2.98. The number of amides is 3. The number of nitrogens with one attached hydrogen (secondary N) is 2. The molecule has 24 heavy (non-hydrogen) atoms. The van der Waals surface area contributed by atoms with Gasteiger partial charge in [-0.25, -0.2) is 0 Å². The van der Waals surface area contributed by atoms with Crippen LogP contribution in [-0.4, -0.2) is 54.5 Å². The molecule has 2 aliphatic heterocycles. The van der Waals surface area contributed by atoms with Crippen molar-refractivity contribution in [1.82, 2.24) is 15.5 Å². The molecule has 7 heteroatoms. The first-order valence-electron chi connectivity index (χ1n) is 8.14. The van der Waals surface area contributed by atoms with Crippen LogP contribution < -0.4 is 10.6 Å². The van der Waals surface area contributed by atoms with Crippen LogP contribution in [0, 0.1) is 0 Å². The zero-order chi connectivity index (χ0) is 16.9. The second-order valence-corrected chi connectivity index (χ2v) is 6.03. The Hall–Kier alpha value is -2.41. The zero-order valence-electron chi connectivity index (χ0n) is 13.4. The lowest BCUT2D eigenvalue weighted by Gasteiger charge is -2.35. The highest BCUT2D eigenvalue weighted by atomic mass is 16.5. The fourth-order valence-corrected chi connectivity index (χ4v) is 2.98. The van der Waals surface area contributed by atoms with Crippen LogP contribution in [-0.2, 0) is 25.7 Å². The molecule has 0 unspecified atom stereocenters. The summed E-state index contributed by atoms with van der Waals surface area (Å²) in [7, 11) is 0. The molecule has 0 aliphatic carbocycles. The van der Waals surface area contributed by atoms with Crippen LogP contribution in [0.3, 0.4) is 0 Å². The Morgan fingerprint density at radius 1 is 1.29 bits per heavy atom. The molecule has 2 fully saturated rings. The molecule has 0 bridgehead atoms. The Bertz CT molecular complexity index is 620. The third-order valence-electron chi connectivity index (χ3n) is 4.30. The van der Waals surface area contributed by atoms with Gasteiger partial charge < -0.3 is 20.3 Å². The number of hydrogen-bond acceptors (Lipinski definition) is 4. The third kappa shape index (κ3) is 3.73. The number of carbonyl (C=O) groups is 3.